The van der Waals surface area contributed by atoms with Gasteiger partial charge in [0.05, 0.1) is 11.3 Å². The number of para-hydroxylation sites is 1. The molecule has 2 N–H and O–H groups in total. The van der Waals surface area contributed by atoms with Gasteiger partial charge in [-0.1, -0.05) is 18.2 Å². The number of nitrogens with zero attached hydrogens (tertiary/aromatic N) is 2. The monoisotopic (exact) mass is 268 g/mol. The SMILES string of the molecule is O=c1[nH]c(N2CCCc3ccccc32)nc2c1CNC2. The number of anilines is 2. The minimum absolute atomic E-state index is 0.0157. The Morgan fingerprint density at radius 2 is 2.10 bits per heavy atom. The molecule has 0 saturated heterocycles. The summed E-state index contributed by atoms with van der Waals surface area (Å²) in [4.78, 5) is 21.8. The third-order valence-corrected chi connectivity index (χ3v) is 4.05. The molecule has 1 aromatic heterocycles. The van der Waals surface area contributed by atoms with Gasteiger partial charge in [0.15, 0.2) is 0 Å². The van der Waals surface area contributed by atoms with Gasteiger partial charge in [-0.15, -0.1) is 0 Å². The Bertz CT molecular complexity index is 722. The molecule has 5 nitrogen and oxygen atoms in total. The van der Waals surface area contributed by atoms with Crippen LogP contribution >= 0.6 is 0 Å². The van der Waals surface area contributed by atoms with Crippen LogP contribution in [0.4, 0.5) is 11.6 Å². The van der Waals surface area contributed by atoms with Gasteiger partial charge in [0, 0.05) is 25.3 Å². The van der Waals surface area contributed by atoms with Gasteiger partial charge < -0.3 is 10.2 Å². The van der Waals surface area contributed by atoms with Crippen LogP contribution in [-0.2, 0) is 19.5 Å². The van der Waals surface area contributed by atoms with Crippen molar-refractivity contribution in [2.75, 3.05) is 11.4 Å². The fourth-order valence-electron chi connectivity index (χ4n) is 3.05. The molecule has 0 unspecified atom stereocenters. The van der Waals surface area contributed by atoms with Crippen molar-refractivity contribution in [3.8, 4) is 0 Å². The van der Waals surface area contributed by atoms with Crippen LogP contribution < -0.4 is 15.8 Å². The summed E-state index contributed by atoms with van der Waals surface area (Å²) in [5.74, 6) is 0.671. The summed E-state index contributed by atoms with van der Waals surface area (Å²) in [7, 11) is 0. The molecule has 0 amide bonds. The first-order valence-electron chi connectivity index (χ1n) is 7.01. The molecule has 2 aliphatic heterocycles. The van der Waals surface area contributed by atoms with Gasteiger partial charge in [-0.05, 0) is 24.5 Å². The maximum absolute atomic E-state index is 12.1. The van der Waals surface area contributed by atoms with Crippen molar-refractivity contribution in [2.24, 2.45) is 0 Å². The Kier molecular flexibility index (Phi) is 2.60. The molecule has 0 bridgehead atoms. The number of aromatic nitrogens is 2. The van der Waals surface area contributed by atoms with E-state index in [-0.39, 0.29) is 5.56 Å². The summed E-state index contributed by atoms with van der Waals surface area (Å²) in [6, 6.07) is 8.34. The second kappa shape index (κ2) is 4.45. The standard InChI is InChI=1S/C15H16N4O/c20-14-11-8-16-9-12(11)17-15(18-14)19-7-3-5-10-4-1-2-6-13(10)19/h1-2,4,6,16H,3,5,7-9H2,(H,17,18,20). The molecule has 0 atom stereocenters. The Balaban J connectivity index is 1.83. The fourth-order valence-corrected chi connectivity index (χ4v) is 3.05. The van der Waals surface area contributed by atoms with Crippen molar-refractivity contribution in [3.63, 3.8) is 0 Å². The lowest BCUT2D eigenvalue weighted by Gasteiger charge is -2.29. The number of fused-ring (bicyclic) bond motifs is 2. The molecule has 4 rings (SSSR count). The summed E-state index contributed by atoms with van der Waals surface area (Å²) < 4.78 is 0. The first-order valence-corrected chi connectivity index (χ1v) is 7.01. The fraction of sp³-hybridized carbons (Fsp3) is 0.333. The quantitative estimate of drug-likeness (QED) is 0.822. The zero-order chi connectivity index (χ0) is 13.5. The highest BCUT2D eigenvalue weighted by molar-refractivity contribution is 5.63. The van der Waals surface area contributed by atoms with E-state index in [9.17, 15) is 4.79 Å². The largest absolute Gasteiger partial charge is 0.312 e. The Labute approximate surface area is 116 Å². The average Bonchev–Trinajstić information content (AvgIpc) is 2.95. The van der Waals surface area contributed by atoms with E-state index in [0.717, 1.165) is 36.3 Å². The average molecular weight is 268 g/mol. The predicted molar refractivity (Wildman–Crippen MR) is 77.2 cm³/mol. The van der Waals surface area contributed by atoms with Gasteiger partial charge in [-0.2, -0.15) is 0 Å². The molecular weight excluding hydrogens is 252 g/mol. The van der Waals surface area contributed by atoms with Gasteiger partial charge in [-0.25, -0.2) is 4.98 Å². The molecule has 0 radical (unpaired) electrons. The molecule has 3 heterocycles. The van der Waals surface area contributed by atoms with Gasteiger partial charge in [0.1, 0.15) is 0 Å². The molecule has 0 saturated carbocycles. The van der Waals surface area contributed by atoms with Crippen LogP contribution in [0, 0.1) is 0 Å². The van der Waals surface area contributed by atoms with E-state index in [1.165, 1.54) is 5.56 Å². The zero-order valence-corrected chi connectivity index (χ0v) is 11.1. The van der Waals surface area contributed by atoms with E-state index < -0.39 is 0 Å². The molecule has 20 heavy (non-hydrogen) atoms. The smallest absolute Gasteiger partial charge is 0.257 e. The van der Waals surface area contributed by atoms with Crippen LogP contribution in [0.25, 0.3) is 0 Å². The van der Waals surface area contributed by atoms with Crippen LogP contribution in [-0.4, -0.2) is 16.5 Å². The molecular formula is C15H16N4O. The van der Waals surface area contributed by atoms with E-state index in [1.807, 2.05) is 6.07 Å². The number of nitrogens with one attached hydrogen (secondary N) is 2. The topological polar surface area (TPSA) is 61.0 Å². The normalized spacial score (nSPS) is 16.9. The van der Waals surface area contributed by atoms with E-state index >= 15 is 0 Å². The highest BCUT2D eigenvalue weighted by Gasteiger charge is 2.23. The van der Waals surface area contributed by atoms with Crippen LogP contribution in [0.2, 0.25) is 0 Å². The molecule has 2 aromatic rings. The second-order valence-electron chi connectivity index (χ2n) is 5.30. The summed E-state index contributed by atoms with van der Waals surface area (Å²) in [6.45, 7) is 2.20. The summed E-state index contributed by atoms with van der Waals surface area (Å²) >= 11 is 0. The maximum atomic E-state index is 12.1. The van der Waals surface area contributed by atoms with Gasteiger partial charge in [0.25, 0.3) is 5.56 Å². The number of benzene rings is 1. The van der Waals surface area contributed by atoms with E-state index in [2.05, 4.69) is 38.4 Å². The van der Waals surface area contributed by atoms with Crippen LogP contribution in [0.5, 0.6) is 0 Å². The van der Waals surface area contributed by atoms with E-state index in [1.54, 1.807) is 0 Å². The summed E-state index contributed by atoms with van der Waals surface area (Å²) in [6.07, 6.45) is 2.17. The molecule has 2 aliphatic rings. The second-order valence-corrected chi connectivity index (χ2v) is 5.30. The Hall–Kier alpha value is -2.14. The first kappa shape index (κ1) is 11.7. The van der Waals surface area contributed by atoms with E-state index in [4.69, 9.17) is 0 Å². The van der Waals surface area contributed by atoms with Crippen molar-refractivity contribution in [3.05, 3.63) is 51.4 Å². The van der Waals surface area contributed by atoms with Gasteiger partial charge in [-0.3, -0.25) is 9.78 Å². The number of hydrogen-bond donors (Lipinski definition) is 2. The van der Waals surface area contributed by atoms with Gasteiger partial charge >= 0.3 is 0 Å². The highest BCUT2D eigenvalue weighted by atomic mass is 16.1. The number of aryl methyl sites for hydroxylation is 1. The van der Waals surface area contributed by atoms with Crippen LogP contribution in [0.15, 0.2) is 29.1 Å². The van der Waals surface area contributed by atoms with Gasteiger partial charge in [0.2, 0.25) is 5.95 Å². The van der Waals surface area contributed by atoms with Crippen molar-refractivity contribution >= 4 is 11.6 Å². The minimum atomic E-state index is -0.0157. The lowest BCUT2D eigenvalue weighted by molar-refractivity contribution is 0.741. The number of rotatable bonds is 1. The van der Waals surface area contributed by atoms with E-state index in [0.29, 0.717) is 19.0 Å². The van der Waals surface area contributed by atoms with Crippen LogP contribution in [0.1, 0.15) is 23.2 Å². The number of hydrogen-bond acceptors (Lipinski definition) is 4. The summed E-state index contributed by atoms with van der Waals surface area (Å²) in [5, 5.41) is 3.18. The van der Waals surface area contributed by atoms with Crippen molar-refractivity contribution in [2.45, 2.75) is 25.9 Å². The molecule has 0 fully saturated rings. The Morgan fingerprint density at radius 3 is 3.05 bits per heavy atom. The molecule has 5 heteroatoms. The minimum Gasteiger partial charge on any atom is -0.312 e. The number of aromatic amines is 1. The lowest BCUT2D eigenvalue weighted by Crippen LogP contribution is -2.29. The van der Waals surface area contributed by atoms with Crippen molar-refractivity contribution in [1.29, 1.82) is 0 Å². The zero-order valence-electron chi connectivity index (χ0n) is 11.1. The molecule has 1 aromatic carbocycles. The van der Waals surface area contributed by atoms with Crippen LogP contribution in [0.3, 0.4) is 0 Å². The third-order valence-electron chi connectivity index (χ3n) is 4.05. The molecule has 0 aliphatic carbocycles. The molecule has 102 valence electrons. The van der Waals surface area contributed by atoms with Crippen molar-refractivity contribution in [1.82, 2.24) is 15.3 Å². The Morgan fingerprint density at radius 1 is 1.20 bits per heavy atom. The predicted octanol–water partition coefficient (Wildman–Crippen LogP) is 1.46. The first-order chi connectivity index (χ1) is 9.83. The summed E-state index contributed by atoms with van der Waals surface area (Å²) in [5.41, 5.74) is 4.12. The maximum Gasteiger partial charge on any atom is 0.257 e. The lowest BCUT2D eigenvalue weighted by atomic mass is 10.0. The highest BCUT2D eigenvalue weighted by Crippen LogP contribution is 2.31. The molecule has 0 spiro atoms. The third kappa shape index (κ3) is 1.74. The number of H-pyrrole nitrogens is 1. The van der Waals surface area contributed by atoms with Crippen molar-refractivity contribution < 1.29 is 0 Å².